The van der Waals surface area contributed by atoms with Crippen LogP contribution in [0.2, 0.25) is 5.02 Å². The molecule has 2 heterocycles. The van der Waals surface area contributed by atoms with E-state index in [2.05, 4.69) is 5.10 Å². The molecule has 1 aliphatic rings. The monoisotopic (exact) mass is 463 g/mol. The molecule has 2 N–H and O–H groups in total. The third kappa shape index (κ3) is 3.48. The molecule has 7 nitrogen and oxygen atoms in total. The maximum atomic E-state index is 13.5. The van der Waals surface area contributed by atoms with Crippen LogP contribution in [0.3, 0.4) is 0 Å². The standard InChI is InChI=1S/C21H17ClF3N5O2/c1-32-20(31)18-17(27)11(9-26)10-29(18)12-6-7-16(14(22)8-12)30-15-5-3-2-4-13(15)19(28-30)21(23,24)25/h6-8,10H,2-5,27H2,1H3. The van der Waals surface area contributed by atoms with Gasteiger partial charge < -0.3 is 15.0 Å². The minimum absolute atomic E-state index is 0.0458. The van der Waals surface area contributed by atoms with Crippen molar-refractivity contribution < 1.29 is 22.7 Å². The number of benzene rings is 1. The highest BCUT2D eigenvalue weighted by atomic mass is 35.5. The normalized spacial score (nSPS) is 13.5. The molecule has 32 heavy (non-hydrogen) atoms. The number of esters is 1. The quantitative estimate of drug-likeness (QED) is 0.578. The van der Waals surface area contributed by atoms with Crippen LogP contribution in [0.4, 0.5) is 18.9 Å². The fourth-order valence-corrected chi connectivity index (χ4v) is 4.22. The van der Waals surface area contributed by atoms with E-state index in [9.17, 15) is 23.2 Å². The van der Waals surface area contributed by atoms with Gasteiger partial charge in [0, 0.05) is 23.1 Å². The lowest BCUT2D eigenvalue weighted by Gasteiger charge is -2.16. The first-order valence-electron chi connectivity index (χ1n) is 9.64. The molecule has 0 saturated heterocycles. The molecular weight excluding hydrogens is 447 g/mol. The minimum atomic E-state index is -4.56. The SMILES string of the molecule is COC(=O)c1c(N)c(C#N)cn1-c1ccc(-n2nc(C(F)(F)F)c3c2CCCC3)c(Cl)c1. The maximum absolute atomic E-state index is 13.5. The first kappa shape index (κ1) is 21.8. The van der Waals surface area contributed by atoms with E-state index in [1.54, 1.807) is 6.07 Å². The van der Waals surface area contributed by atoms with Crippen LogP contribution in [0.15, 0.2) is 24.4 Å². The van der Waals surface area contributed by atoms with Crippen molar-refractivity contribution in [2.24, 2.45) is 0 Å². The van der Waals surface area contributed by atoms with Crippen molar-refractivity contribution in [1.82, 2.24) is 14.3 Å². The summed E-state index contributed by atoms with van der Waals surface area (Å²) in [4.78, 5) is 12.2. The maximum Gasteiger partial charge on any atom is 0.435 e. The summed E-state index contributed by atoms with van der Waals surface area (Å²) in [7, 11) is 1.18. The smallest absolute Gasteiger partial charge is 0.435 e. The van der Waals surface area contributed by atoms with E-state index >= 15 is 0 Å². The zero-order valence-electron chi connectivity index (χ0n) is 16.8. The van der Waals surface area contributed by atoms with Crippen LogP contribution in [0.1, 0.15) is 45.8 Å². The van der Waals surface area contributed by atoms with Gasteiger partial charge in [0.1, 0.15) is 6.07 Å². The van der Waals surface area contributed by atoms with E-state index in [4.69, 9.17) is 22.1 Å². The van der Waals surface area contributed by atoms with Gasteiger partial charge in [-0.2, -0.15) is 23.5 Å². The second-order valence-electron chi connectivity index (χ2n) is 7.30. The number of hydrogen-bond acceptors (Lipinski definition) is 5. The molecular formula is C21H17ClF3N5O2. The lowest BCUT2D eigenvalue weighted by molar-refractivity contribution is -0.142. The Bertz CT molecular complexity index is 1270. The topological polar surface area (TPSA) is 98.9 Å². The van der Waals surface area contributed by atoms with Crippen LogP contribution in [-0.2, 0) is 23.8 Å². The molecule has 0 fully saturated rings. The number of methoxy groups -OCH3 is 1. The van der Waals surface area contributed by atoms with Crippen LogP contribution < -0.4 is 5.73 Å². The van der Waals surface area contributed by atoms with Gasteiger partial charge in [0.25, 0.3) is 0 Å². The average molecular weight is 464 g/mol. The molecule has 0 unspecified atom stereocenters. The van der Waals surface area contributed by atoms with Crippen molar-refractivity contribution in [3.63, 3.8) is 0 Å². The van der Waals surface area contributed by atoms with Crippen LogP contribution in [0.25, 0.3) is 11.4 Å². The third-order valence-corrected chi connectivity index (χ3v) is 5.73. The summed E-state index contributed by atoms with van der Waals surface area (Å²) in [6.45, 7) is 0. The summed E-state index contributed by atoms with van der Waals surface area (Å²) in [6, 6.07) is 6.44. The predicted molar refractivity (Wildman–Crippen MR) is 110 cm³/mol. The van der Waals surface area contributed by atoms with Crippen LogP contribution in [0.5, 0.6) is 0 Å². The Kier molecular flexibility index (Phi) is 5.38. The number of rotatable bonds is 3. The molecule has 166 valence electrons. The molecule has 0 atom stereocenters. The van der Waals surface area contributed by atoms with E-state index in [-0.39, 0.29) is 33.2 Å². The Labute approximate surface area is 185 Å². The lowest BCUT2D eigenvalue weighted by atomic mass is 9.95. The number of nitrogens with zero attached hydrogens (tertiary/aromatic N) is 4. The van der Waals surface area contributed by atoms with Gasteiger partial charge in [0.2, 0.25) is 0 Å². The fourth-order valence-electron chi connectivity index (χ4n) is 3.96. The molecule has 11 heteroatoms. The number of ether oxygens (including phenoxy) is 1. The lowest BCUT2D eigenvalue weighted by Crippen LogP contribution is -2.11. The largest absolute Gasteiger partial charge is 0.464 e. The zero-order valence-corrected chi connectivity index (χ0v) is 17.6. The molecule has 4 rings (SSSR count). The van der Waals surface area contributed by atoms with Gasteiger partial charge in [0.05, 0.1) is 29.1 Å². The third-order valence-electron chi connectivity index (χ3n) is 5.43. The summed E-state index contributed by atoms with van der Waals surface area (Å²) in [5.74, 6) is -0.750. The first-order chi connectivity index (χ1) is 15.2. The van der Waals surface area contributed by atoms with E-state index in [1.807, 2.05) is 6.07 Å². The molecule has 3 aromatic rings. The number of halogens is 4. The van der Waals surface area contributed by atoms with Crippen molar-refractivity contribution in [3.8, 4) is 17.4 Å². The Morgan fingerprint density at radius 3 is 2.66 bits per heavy atom. The second kappa shape index (κ2) is 7.91. The van der Waals surface area contributed by atoms with E-state index in [0.717, 1.165) is 6.42 Å². The summed E-state index contributed by atoms with van der Waals surface area (Å²) in [6.07, 6.45) is -1.01. The molecule has 2 aromatic heterocycles. The highest BCUT2D eigenvalue weighted by molar-refractivity contribution is 6.32. The Balaban J connectivity index is 1.85. The molecule has 0 amide bonds. The summed E-state index contributed by atoms with van der Waals surface area (Å²) in [5, 5.41) is 13.2. The van der Waals surface area contributed by atoms with Gasteiger partial charge in [-0.25, -0.2) is 9.48 Å². The molecule has 0 spiro atoms. The number of nitrogens with two attached hydrogens (primary N) is 1. The Hall–Kier alpha value is -3.45. The molecule has 1 aromatic carbocycles. The predicted octanol–water partition coefficient (Wildman–Crippen LogP) is 4.45. The molecule has 0 radical (unpaired) electrons. The van der Waals surface area contributed by atoms with Gasteiger partial charge >= 0.3 is 12.1 Å². The molecule has 1 aliphatic carbocycles. The highest BCUT2D eigenvalue weighted by Crippen LogP contribution is 2.38. The number of aromatic nitrogens is 3. The summed E-state index contributed by atoms with van der Waals surface area (Å²) < 4.78 is 47.9. The van der Waals surface area contributed by atoms with Crippen molar-refractivity contribution in [2.45, 2.75) is 31.9 Å². The minimum Gasteiger partial charge on any atom is -0.464 e. The molecule has 0 bridgehead atoms. The molecule has 0 aliphatic heterocycles. The van der Waals surface area contributed by atoms with E-state index in [1.165, 1.54) is 34.7 Å². The zero-order chi connectivity index (χ0) is 23.2. The highest BCUT2D eigenvalue weighted by Gasteiger charge is 2.40. The number of hydrogen-bond donors (Lipinski definition) is 1. The van der Waals surface area contributed by atoms with Gasteiger partial charge in [-0.1, -0.05) is 11.6 Å². The fraction of sp³-hybridized carbons (Fsp3) is 0.286. The molecule has 0 saturated carbocycles. The van der Waals surface area contributed by atoms with Crippen LogP contribution >= 0.6 is 11.6 Å². The van der Waals surface area contributed by atoms with Gasteiger partial charge in [-0.3, -0.25) is 0 Å². The van der Waals surface area contributed by atoms with Crippen molar-refractivity contribution in [1.29, 1.82) is 5.26 Å². The van der Waals surface area contributed by atoms with Crippen molar-refractivity contribution in [2.75, 3.05) is 12.8 Å². The number of fused-ring (bicyclic) bond motifs is 1. The second-order valence-corrected chi connectivity index (χ2v) is 7.71. The van der Waals surface area contributed by atoms with Gasteiger partial charge in [-0.15, -0.1) is 0 Å². The number of anilines is 1. The summed E-state index contributed by atoms with van der Waals surface area (Å²) in [5.41, 5.74) is 6.35. The first-order valence-corrected chi connectivity index (χ1v) is 10.0. The number of carbonyl (C=O) groups is 1. The van der Waals surface area contributed by atoms with E-state index in [0.29, 0.717) is 30.6 Å². The van der Waals surface area contributed by atoms with Crippen molar-refractivity contribution >= 4 is 23.3 Å². The van der Waals surface area contributed by atoms with Gasteiger partial charge in [0.15, 0.2) is 11.4 Å². The van der Waals surface area contributed by atoms with E-state index < -0.39 is 17.8 Å². The van der Waals surface area contributed by atoms with Crippen molar-refractivity contribution in [3.05, 3.63) is 57.6 Å². The Morgan fingerprint density at radius 1 is 1.31 bits per heavy atom. The number of carbonyl (C=O) groups excluding carboxylic acids is 1. The van der Waals surface area contributed by atoms with Gasteiger partial charge in [-0.05, 0) is 43.9 Å². The van der Waals surface area contributed by atoms with Crippen LogP contribution in [-0.4, -0.2) is 27.4 Å². The number of nitrogen functional groups attached to an aromatic ring is 1. The van der Waals surface area contributed by atoms with Crippen LogP contribution in [0, 0.1) is 11.3 Å². The number of nitriles is 1. The average Bonchev–Trinajstić information content (AvgIpc) is 3.31. The Morgan fingerprint density at radius 2 is 2.03 bits per heavy atom. The summed E-state index contributed by atoms with van der Waals surface area (Å²) >= 11 is 6.46. The number of alkyl halides is 3.